The lowest BCUT2D eigenvalue weighted by Gasteiger charge is -2.10. The topological polar surface area (TPSA) is 44.1 Å². The Morgan fingerprint density at radius 2 is 1.89 bits per heavy atom. The number of halogens is 4. The maximum atomic E-state index is 12.1. The predicted octanol–water partition coefficient (Wildman–Crippen LogP) is 2.74. The molecule has 1 aliphatic rings. The highest BCUT2D eigenvalue weighted by Crippen LogP contribution is 2.23. The summed E-state index contributed by atoms with van der Waals surface area (Å²) in [5.74, 6) is -2.15. The van der Waals surface area contributed by atoms with Crippen molar-refractivity contribution >= 4 is 17.4 Å². The fourth-order valence-corrected chi connectivity index (χ4v) is 1.73. The van der Waals surface area contributed by atoms with Crippen LogP contribution < -0.4 is 0 Å². The molecule has 1 saturated heterocycles. The normalized spacial score (nSPS) is 17.8. The summed E-state index contributed by atoms with van der Waals surface area (Å²) in [5.41, 5.74) is -0.0699. The Labute approximate surface area is 107 Å². The van der Waals surface area contributed by atoms with E-state index < -0.39 is 17.0 Å². The number of carbonyl (C=O) groups is 1. The standard InChI is InChI=1S/C11H10ClF3N2O/c12-9(10(18)11(13,14)15)5-8(6-16)7-17-3-1-2-4-17/h5,7H,1-4H2/b8-7+,9-5-. The predicted molar refractivity (Wildman–Crippen MR) is 59.5 cm³/mol. The first-order chi connectivity index (χ1) is 8.34. The Morgan fingerprint density at radius 1 is 1.33 bits per heavy atom. The van der Waals surface area contributed by atoms with Crippen LogP contribution in [0.15, 0.2) is 22.9 Å². The lowest BCUT2D eigenvalue weighted by Crippen LogP contribution is -2.22. The summed E-state index contributed by atoms with van der Waals surface area (Å²) in [4.78, 5) is 12.6. The van der Waals surface area contributed by atoms with E-state index in [1.165, 1.54) is 6.20 Å². The second kappa shape index (κ2) is 5.91. The Hall–Kier alpha value is -1.48. The average molecular weight is 279 g/mol. The van der Waals surface area contributed by atoms with Crippen molar-refractivity contribution in [3.05, 3.63) is 22.9 Å². The maximum absolute atomic E-state index is 12.1. The molecule has 0 saturated carbocycles. The minimum Gasteiger partial charge on any atom is -0.376 e. The highest BCUT2D eigenvalue weighted by molar-refractivity contribution is 6.43. The summed E-state index contributed by atoms with van der Waals surface area (Å²) >= 11 is 5.26. The molecule has 0 spiro atoms. The van der Waals surface area contributed by atoms with Gasteiger partial charge in [0.15, 0.2) is 0 Å². The van der Waals surface area contributed by atoms with E-state index in [4.69, 9.17) is 16.9 Å². The Balaban J connectivity index is 2.84. The van der Waals surface area contributed by atoms with Crippen molar-refractivity contribution in [2.45, 2.75) is 19.0 Å². The minimum absolute atomic E-state index is 0.0699. The number of likely N-dealkylation sites (tertiary alicyclic amines) is 1. The molecule has 0 radical (unpaired) electrons. The van der Waals surface area contributed by atoms with Gasteiger partial charge in [-0.25, -0.2) is 0 Å². The third kappa shape index (κ3) is 4.08. The van der Waals surface area contributed by atoms with Crippen molar-refractivity contribution < 1.29 is 18.0 Å². The SMILES string of the molecule is N#CC(/C=C(\Cl)C(=O)C(F)(F)F)=C/N1CCCC1. The Bertz CT molecular complexity index is 429. The molecule has 0 amide bonds. The van der Waals surface area contributed by atoms with Gasteiger partial charge in [-0.15, -0.1) is 0 Å². The zero-order valence-electron chi connectivity index (χ0n) is 9.30. The van der Waals surface area contributed by atoms with Gasteiger partial charge in [0.1, 0.15) is 6.07 Å². The van der Waals surface area contributed by atoms with E-state index in [-0.39, 0.29) is 5.57 Å². The molecule has 3 nitrogen and oxygen atoms in total. The van der Waals surface area contributed by atoms with Crippen LogP contribution in [0.25, 0.3) is 0 Å². The molecule has 0 atom stereocenters. The number of nitriles is 1. The molecular weight excluding hydrogens is 269 g/mol. The molecule has 98 valence electrons. The second-order valence-corrected chi connectivity index (χ2v) is 4.17. The van der Waals surface area contributed by atoms with Crippen molar-refractivity contribution in [3.63, 3.8) is 0 Å². The van der Waals surface area contributed by atoms with Crippen LogP contribution in [0, 0.1) is 11.3 Å². The lowest BCUT2D eigenvalue weighted by atomic mass is 10.2. The number of alkyl halides is 3. The van der Waals surface area contributed by atoms with Crippen LogP contribution in [0.3, 0.4) is 0 Å². The van der Waals surface area contributed by atoms with Crippen molar-refractivity contribution in [3.8, 4) is 6.07 Å². The van der Waals surface area contributed by atoms with Crippen molar-refractivity contribution in [2.24, 2.45) is 0 Å². The monoisotopic (exact) mass is 278 g/mol. The molecule has 7 heteroatoms. The quantitative estimate of drug-likeness (QED) is 0.453. The maximum Gasteiger partial charge on any atom is 0.455 e. The average Bonchev–Trinajstić information content (AvgIpc) is 2.78. The molecule has 0 aromatic carbocycles. The third-order valence-electron chi connectivity index (χ3n) is 2.35. The third-order valence-corrected chi connectivity index (χ3v) is 2.63. The van der Waals surface area contributed by atoms with Crippen LogP contribution in [0.2, 0.25) is 0 Å². The van der Waals surface area contributed by atoms with Crippen LogP contribution in [0.4, 0.5) is 13.2 Å². The summed E-state index contributed by atoms with van der Waals surface area (Å²) in [5, 5.41) is 7.77. The lowest BCUT2D eigenvalue weighted by molar-refractivity contribution is -0.165. The molecule has 0 aromatic rings. The molecule has 1 rings (SSSR count). The van der Waals surface area contributed by atoms with Gasteiger partial charge in [0.2, 0.25) is 0 Å². The number of ketones is 1. The van der Waals surface area contributed by atoms with E-state index in [9.17, 15) is 18.0 Å². The van der Waals surface area contributed by atoms with Gasteiger partial charge < -0.3 is 4.90 Å². The van der Waals surface area contributed by atoms with E-state index in [1.807, 2.05) is 0 Å². The van der Waals surface area contributed by atoms with Crippen LogP contribution in [-0.2, 0) is 4.79 Å². The van der Waals surface area contributed by atoms with Gasteiger partial charge in [-0.3, -0.25) is 4.79 Å². The molecule has 18 heavy (non-hydrogen) atoms. The first-order valence-corrected chi connectivity index (χ1v) is 5.57. The Kier molecular flexibility index (Phi) is 4.79. The van der Waals surface area contributed by atoms with E-state index in [0.717, 1.165) is 32.0 Å². The molecule has 0 aliphatic carbocycles. The highest BCUT2D eigenvalue weighted by Gasteiger charge is 2.40. The van der Waals surface area contributed by atoms with Gasteiger partial charge >= 0.3 is 6.18 Å². The summed E-state index contributed by atoms with van der Waals surface area (Å²) in [6.45, 7) is 1.48. The largest absolute Gasteiger partial charge is 0.455 e. The van der Waals surface area contributed by atoms with Gasteiger partial charge in [0.05, 0.1) is 10.6 Å². The number of nitrogens with zero attached hydrogens (tertiary/aromatic N) is 2. The van der Waals surface area contributed by atoms with E-state index in [0.29, 0.717) is 0 Å². The summed E-state index contributed by atoms with van der Waals surface area (Å²) in [6.07, 6.45) is -0.932. The number of allylic oxidation sites excluding steroid dienone is 3. The van der Waals surface area contributed by atoms with Crippen molar-refractivity contribution in [1.82, 2.24) is 4.90 Å². The highest BCUT2D eigenvalue weighted by atomic mass is 35.5. The van der Waals surface area contributed by atoms with E-state index in [2.05, 4.69) is 0 Å². The fourth-order valence-electron chi connectivity index (χ4n) is 1.50. The number of hydrogen-bond donors (Lipinski definition) is 0. The second-order valence-electron chi connectivity index (χ2n) is 3.76. The van der Waals surface area contributed by atoms with Gasteiger partial charge in [-0.05, 0) is 18.9 Å². The van der Waals surface area contributed by atoms with Crippen LogP contribution in [-0.4, -0.2) is 29.9 Å². The van der Waals surface area contributed by atoms with Gasteiger partial charge in [0, 0.05) is 19.3 Å². The van der Waals surface area contributed by atoms with Crippen LogP contribution >= 0.6 is 11.6 Å². The van der Waals surface area contributed by atoms with Gasteiger partial charge in [-0.1, -0.05) is 11.6 Å². The summed E-state index contributed by atoms with van der Waals surface area (Å²) in [6, 6.07) is 1.71. The summed E-state index contributed by atoms with van der Waals surface area (Å²) in [7, 11) is 0. The first-order valence-electron chi connectivity index (χ1n) is 5.19. The molecule has 1 heterocycles. The molecule has 0 aromatic heterocycles. The van der Waals surface area contributed by atoms with Gasteiger partial charge in [0.25, 0.3) is 5.78 Å². The zero-order valence-corrected chi connectivity index (χ0v) is 10.1. The minimum atomic E-state index is -5.03. The van der Waals surface area contributed by atoms with Crippen molar-refractivity contribution in [1.29, 1.82) is 5.26 Å². The van der Waals surface area contributed by atoms with Crippen LogP contribution in [0.1, 0.15) is 12.8 Å². The van der Waals surface area contributed by atoms with Gasteiger partial charge in [-0.2, -0.15) is 18.4 Å². The molecule has 0 N–H and O–H groups in total. The number of Topliss-reactive ketones (excluding diaryl/α,β-unsaturated/α-hetero) is 1. The first kappa shape index (κ1) is 14.6. The number of rotatable bonds is 3. The molecule has 1 aliphatic heterocycles. The van der Waals surface area contributed by atoms with E-state index >= 15 is 0 Å². The molecule has 0 bridgehead atoms. The smallest absolute Gasteiger partial charge is 0.376 e. The summed E-state index contributed by atoms with van der Waals surface area (Å²) < 4.78 is 36.2. The fraction of sp³-hybridized carbons (Fsp3) is 0.455. The Morgan fingerprint density at radius 3 is 2.33 bits per heavy atom. The number of carbonyl (C=O) groups excluding carboxylic acids is 1. The molecule has 0 unspecified atom stereocenters. The molecular formula is C11H10ClF3N2O. The molecule has 1 fully saturated rings. The zero-order chi connectivity index (χ0) is 13.8. The van der Waals surface area contributed by atoms with Crippen LogP contribution in [0.5, 0.6) is 0 Å². The number of hydrogen-bond acceptors (Lipinski definition) is 3. The van der Waals surface area contributed by atoms with E-state index in [1.54, 1.807) is 11.0 Å². The van der Waals surface area contributed by atoms with Crippen molar-refractivity contribution in [2.75, 3.05) is 13.1 Å².